The molecule has 0 aromatic carbocycles. The van der Waals surface area contributed by atoms with Gasteiger partial charge in [0.1, 0.15) is 0 Å². The molecule has 0 rings (SSSR count). The van der Waals surface area contributed by atoms with Gasteiger partial charge in [0.2, 0.25) is 0 Å². The van der Waals surface area contributed by atoms with E-state index < -0.39 is 0 Å². The van der Waals surface area contributed by atoms with Gasteiger partial charge in [-0.1, -0.05) is 0 Å². The lowest BCUT2D eigenvalue weighted by molar-refractivity contribution is -0.114. The molecule has 0 unspecified atom stereocenters. The first kappa shape index (κ1) is 16.6. The molecule has 0 saturated heterocycles. The number of carbonyl (C=O) groups excluding carboxylic acids is 4. The Morgan fingerprint density at radius 1 is 0.500 bits per heavy atom. The van der Waals surface area contributed by atoms with Crippen molar-refractivity contribution in [3.05, 3.63) is 24.3 Å². The van der Waals surface area contributed by atoms with Crippen molar-refractivity contribution in [3.63, 3.8) is 0 Å². The number of rotatable bonds is 4. The molecule has 16 heavy (non-hydrogen) atoms. The van der Waals surface area contributed by atoms with E-state index in [9.17, 15) is 19.2 Å². The van der Waals surface area contributed by atoms with Gasteiger partial charge in [0.15, 0.2) is 23.1 Å². The van der Waals surface area contributed by atoms with E-state index in [-0.39, 0.29) is 23.1 Å². The summed E-state index contributed by atoms with van der Waals surface area (Å²) < 4.78 is 0. The Balaban J connectivity index is 0. The quantitative estimate of drug-likeness (QED) is 0.677. The Bertz CT molecular complexity index is 269. The van der Waals surface area contributed by atoms with Crippen LogP contribution in [0.15, 0.2) is 24.3 Å². The van der Waals surface area contributed by atoms with Gasteiger partial charge < -0.3 is 0 Å². The van der Waals surface area contributed by atoms with Gasteiger partial charge in [-0.2, -0.15) is 0 Å². The molecule has 0 heterocycles. The smallest absolute Gasteiger partial charge is 0.152 e. The van der Waals surface area contributed by atoms with Crippen molar-refractivity contribution in [1.29, 1.82) is 0 Å². The van der Waals surface area contributed by atoms with E-state index in [1.54, 1.807) is 0 Å². The topological polar surface area (TPSA) is 68.3 Å². The standard InChI is InChI=1S/2C6H8O2/c2*1-5(7)3-4-6(2)8/h2*3-4H,1-2H3/b4-3+;4-3-. The Hall–Kier alpha value is -1.84. The monoisotopic (exact) mass is 224 g/mol. The lowest BCUT2D eigenvalue weighted by Gasteiger charge is -1.74. The minimum atomic E-state index is -0.0970. The highest BCUT2D eigenvalue weighted by Crippen LogP contribution is 1.76. The molecule has 0 spiro atoms. The largest absolute Gasteiger partial charge is 0.295 e. The Labute approximate surface area is 95.0 Å². The first-order valence-electron chi connectivity index (χ1n) is 4.64. The van der Waals surface area contributed by atoms with Crippen LogP contribution in [0.4, 0.5) is 0 Å². The molecule has 0 atom stereocenters. The molecule has 4 nitrogen and oxygen atoms in total. The van der Waals surface area contributed by atoms with Gasteiger partial charge >= 0.3 is 0 Å². The second-order valence-electron chi connectivity index (χ2n) is 3.11. The predicted molar refractivity (Wildman–Crippen MR) is 61.0 cm³/mol. The fraction of sp³-hybridized carbons (Fsp3) is 0.333. The molecular weight excluding hydrogens is 208 g/mol. The SMILES string of the molecule is CC(=O)/C=C/C(C)=O.CC(=O)/C=C\C(C)=O. The van der Waals surface area contributed by atoms with Crippen LogP contribution in [-0.4, -0.2) is 23.1 Å². The van der Waals surface area contributed by atoms with Gasteiger partial charge in [0.05, 0.1) is 0 Å². The number of hydrogen-bond donors (Lipinski definition) is 0. The van der Waals surface area contributed by atoms with Crippen molar-refractivity contribution in [3.8, 4) is 0 Å². The van der Waals surface area contributed by atoms with Gasteiger partial charge in [-0.05, 0) is 52.0 Å². The molecule has 0 aliphatic rings. The van der Waals surface area contributed by atoms with E-state index >= 15 is 0 Å². The van der Waals surface area contributed by atoms with Gasteiger partial charge in [0.25, 0.3) is 0 Å². The van der Waals surface area contributed by atoms with Crippen LogP contribution in [0.5, 0.6) is 0 Å². The van der Waals surface area contributed by atoms with Crippen LogP contribution in [0, 0.1) is 0 Å². The number of hydrogen-bond acceptors (Lipinski definition) is 4. The maximum Gasteiger partial charge on any atom is 0.152 e. The van der Waals surface area contributed by atoms with Crippen LogP contribution < -0.4 is 0 Å². The summed E-state index contributed by atoms with van der Waals surface area (Å²) in [6.07, 6.45) is 5.01. The molecule has 88 valence electrons. The van der Waals surface area contributed by atoms with E-state index in [0.717, 1.165) is 0 Å². The molecule has 0 bridgehead atoms. The van der Waals surface area contributed by atoms with Crippen molar-refractivity contribution in [2.24, 2.45) is 0 Å². The van der Waals surface area contributed by atoms with E-state index in [0.29, 0.717) is 0 Å². The van der Waals surface area contributed by atoms with Gasteiger partial charge in [-0.3, -0.25) is 19.2 Å². The van der Waals surface area contributed by atoms with Crippen LogP contribution in [0.3, 0.4) is 0 Å². The lowest BCUT2D eigenvalue weighted by atomic mass is 10.3. The lowest BCUT2D eigenvalue weighted by Crippen LogP contribution is -1.85. The second-order valence-corrected chi connectivity index (χ2v) is 3.11. The summed E-state index contributed by atoms with van der Waals surface area (Å²) in [5.41, 5.74) is 0. The van der Waals surface area contributed by atoms with Crippen molar-refractivity contribution in [2.45, 2.75) is 27.7 Å². The van der Waals surface area contributed by atoms with Crippen LogP contribution in [0.2, 0.25) is 0 Å². The highest BCUT2D eigenvalue weighted by Gasteiger charge is 1.83. The summed E-state index contributed by atoms with van der Waals surface area (Å²) in [6.45, 7) is 5.61. The fourth-order valence-electron chi connectivity index (χ4n) is 0.469. The van der Waals surface area contributed by atoms with Crippen LogP contribution >= 0.6 is 0 Å². The minimum Gasteiger partial charge on any atom is -0.295 e. The van der Waals surface area contributed by atoms with E-state index in [1.807, 2.05) is 0 Å². The molecule has 0 aromatic rings. The van der Waals surface area contributed by atoms with E-state index in [1.165, 1.54) is 52.0 Å². The molecule has 0 aliphatic heterocycles. The molecule has 4 heteroatoms. The molecule has 0 fully saturated rings. The summed E-state index contributed by atoms with van der Waals surface area (Å²) in [5.74, 6) is -0.388. The Morgan fingerprint density at radius 2 is 0.625 bits per heavy atom. The summed E-state index contributed by atoms with van der Waals surface area (Å²) in [5, 5.41) is 0. The van der Waals surface area contributed by atoms with Crippen molar-refractivity contribution in [1.82, 2.24) is 0 Å². The van der Waals surface area contributed by atoms with Crippen LogP contribution in [0.25, 0.3) is 0 Å². The third-order valence-electron chi connectivity index (χ3n) is 1.11. The van der Waals surface area contributed by atoms with Gasteiger partial charge in [0, 0.05) is 0 Å². The third kappa shape index (κ3) is 22.7. The molecule has 0 radical (unpaired) electrons. The van der Waals surface area contributed by atoms with Crippen molar-refractivity contribution < 1.29 is 19.2 Å². The highest BCUT2D eigenvalue weighted by molar-refractivity contribution is 5.96. The number of ketones is 4. The third-order valence-corrected chi connectivity index (χ3v) is 1.11. The Kier molecular flexibility index (Phi) is 10.1. The number of carbonyl (C=O) groups is 4. The van der Waals surface area contributed by atoms with Crippen LogP contribution in [-0.2, 0) is 19.2 Å². The molecule has 0 aromatic heterocycles. The van der Waals surface area contributed by atoms with Crippen molar-refractivity contribution >= 4 is 23.1 Å². The minimum absolute atomic E-state index is 0.0970. The van der Waals surface area contributed by atoms with Gasteiger partial charge in [-0.15, -0.1) is 0 Å². The summed E-state index contributed by atoms with van der Waals surface area (Å²) in [6, 6.07) is 0. The average Bonchev–Trinajstić information content (AvgIpc) is 2.12. The maximum atomic E-state index is 10.1. The van der Waals surface area contributed by atoms with E-state index in [2.05, 4.69) is 0 Å². The average molecular weight is 224 g/mol. The normalized spacial score (nSPS) is 9.75. The molecule has 0 N–H and O–H groups in total. The van der Waals surface area contributed by atoms with E-state index in [4.69, 9.17) is 0 Å². The predicted octanol–water partition coefficient (Wildman–Crippen LogP) is 1.44. The number of allylic oxidation sites excluding steroid dienone is 4. The molecule has 0 saturated carbocycles. The molecular formula is C12H16O4. The molecule has 0 amide bonds. The zero-order valence-electron chi connectivity index (χ0n) is 9.94. The summed E-state index contributed by atoms with van der Waals surface area (Å²) in [4.78, 5) is 40.4. The van der Waals surface area contributed by atoms with Crippen molar-refractivity contribution in [2.75, 3.05) is 0 Å². The zero-order chi connectivity index (χ0) is 13.1. The second kappa shape index (κ2) is 9.71. The summed E-state index contributed by atoms with van der Waals surface area (Å²) >= 11 is 0. The van der Waals surface area contributed by atoms with Crippen LogP contribution in [0.1, 0.15) is 27.7 Å². The first-order chi connectivity index (χ1) is 7.25. The molecule has 0 aliphatic carbocycles. The highest BCUT2D eigenvalue weighted by atomic mass is 16.1. The zero-order valence-corrected chi connectivity index (χ0v) is 9.94. The first-order valence-corrected chi connectivity index (χ1v) is 4.64. The van der Waals surface area contributed by atoms with Gasteiger partial charge in [-0.25, -0.2) is 0 Å². The fourth-order valence-corrected chi connectivity index (χ4v) is 0.469. The summed E-state index contributed by atoms with van der Waals surface area (Å²) in [7, 11) is 0. The Morgan fingerprint density at radius 3 is 0.688 bits per heavy atom. The maximum absolute atomic E-state index is 10.1.